The molecule has 3 heterocycles. The molecule has 0 aliphatic carbocycles. The maximum absolute atomic E-state index is 12.6. The van der Waals surface area contributed by atoms with E-state index in [-0.39, 0.29) is 43.3 Å². The van der Waals surface area contributed by atoms with Gasteiger partial charge in [-0.2, -0.15) is 0 Å². The number of ether oxygens (including phenoxy) is 1. The van der Waals surface area contributed by atoms with Gasteiger partial charge < -0.3 is 15.0 Å². The summed E-state index contributed by atoms with van der Waals surface area (Å²) >= 11 is 0. The predicted molar refractivity (Wildman–Crippen MR) is 117 cm³/mol. The zero-order chi connectivity index (χ0) is 16.9. The molecule has 6 nitrogen and oxygen atoms in total. The minimum atomic E-state index is 0. The quantitative estimate of drug-likeness (QED) is 0.710. The van der Waals surface area contributed by atoms with Crippen molar-refractivity contribution in [3.05, 3.63) is 0 Å². The van der Waals surface area contributed by atoms with E-state index in [1.807, 2.05) is 0 Å². The van der Waals surface area contributed by atoms with Crippen molar-refractivity contribution >= 4 is 43.1 Å². The van der Waals surface area contributed by atoms with Crippen LogP contribution in [0.4, 0.5) is 0 Å². The molecular weight excluding hydrogens is 411 g/mol. The van der Waals surface area contributed by atoms with E-state index in [9.17, 15) is 4.79 Å². The van der Waals surface area contributed by atoms with Gasteiger partial charge in [-0.15, -0.1) is 37.2 Å². The number of rotatable bonds is 4. The van der Waals surface area contributed by atoms with Gasteiger partial charge in [0.1, 0.15) is 0 Å². The first-order valence-electron chi connectivity index (χ1n) is 9.73. The molecule has 0 saturated carbocycles. The molecule has 0 aromatic rings. The van der Waals surface area contributed by atoms with Gasteiger partial charge in [-0.25, -0.2) is 0 Å². The van der Waals surface area contributed by atoms with Crippen LogP contribution in [0.2, 0.25) is 0 Å². The van der Waals surface area contributed by atoms with Crippen LogP contribution in [0.5, 0.6) is 0 Å². The molecule has 0 aromatic heterocycles. The van der Waals surface area contributed by atoms with Gasteiger partial charge >= 0.3 is 0 Å². The molecule has 1 N–H and O–H groups in total. The van der Waals surface area contributed by atoms with Crippen molar-refractivity contribution in [2.45, 2.75) is 51.3 Å². The second kappa shape index (κ2) is 13.4. The Bertz CT molecular complexity index is 417. The fourth-order valence-electron chi connectivity index (χ4n) is 4.04. The third-order valence-electron chi connectivity index (χ3n) is 5.65. The van der Waals surface area contributed by atoms with Crippen molar-refractivity contribution in [1.29, 1.82) is 0 Å². The maximum atomic E-state index is 12.6. The van der Waals surface area contributed by atoms with Crippen LogP contribution in [-0.4, -0.2) is 97.8 Å². The minimum absolute atomic E-state index is 0. The lowest BCUT2D eigenvalue weighted by Gasteiger charge is -2.41. The van der Waals surface area contributed by atoms with Crippen LogP contribution in [-0.2, 0) is 9.53 Å². The second-order valence-electron chi connectivity index (χ2n) is 7.71. The highest BCUT2D eigenvalue weighted by atomic mass is 35.5. The molecule has 1 amide bonds. The summed E-state index contributed by atoms with van der Waals surface area (Å²) in [5, 5.41) is 3.38. The Morgan fingerprint density at radius 3 is 2.37 bits per heavy atom. The summed E-state index contributed by atoms with van der Waals surface area (Å²) in [7, 11) is 0. The van der Waals surface area contributed by atoms with Crippen molar-refractivity contribution < 1.29 is 9.53 Å². The Balaban J connectivity index is 0.00000225. The fraction of sp³-hybridized carbons (Fsp3) is 0.944. The van der Waals surface area contributed by atoms with Crippen LogP contribution in [0.1, 0.15) is 33.1 Å². The van der Waals surface area contributed by atoms with E-state index in [2.05, 4.69) is 33.9 Å². The van der Waals surface area contributed by atoms with Crippen molar-refractivity contribution in [2.24, 2.45) is 0 Å². The third kappa shape index (κ3) is 7.84. The Kier molecular flexibility index (Phi) is 13.5. The summed E-state index contributed by atoms with van der Waals surface area (Å²) in [5.74, 6) is 0.314. The standard InChI is InChI=1S/C18H34N4O2.3ClH/c1-15(2)22-11-12-24-16(14-22)13-20-7-9-21(10-8-20)18(23)17-5-3-4-6-19-17;;;/h15-17,19H,3-14H2,1-2H3;3*1H/t16?,17-;;;/m1.../s1. The molecule has 3 saturated heterocycles. The fourth-order valence-corrected chi connectivity index (χ4v) is 4.04. The van der Waals surface area contributed by atoms with E-state index in [0.29, 0.717) is 18.1 Å². The zero-order valence-corrected chi connectivity index (χ0v) is 19.0. The number of carbonyl (C=O) groups excluding carboxylic acids is 1. The van der Waals surface area contributed by atoms with Crippen molar-refractivity contribution in [2.75, 3.05) is 59.0 Å². The van der Waals surface area contributed by atoms with Gasteiger partial charge in [-0.3, -0.25) is 14.6 Å². The van der Waals surface area contributed by atoms with Gasteiger partial charge in [-0.1, -0.05) is 6.42 Å². The third-order valence-corrected chi connectivity index (χ3v) is 5.65. The number of piperidine rings is 1. The summed E-state index contributed by atoms with van der Waals surface area (Å²) in [6.07, 6.45) is 3.68. The molecule has 3 aliphatic heterocycles. The number of nitrogens with one attached hydrogen (secondary N) is 1. The summed E-state index contributed by atoms with van der Waals surface area (Å²) in [6, 6.07) is 0.653. The molecule has 0 radical (unpaired) electrons. The van der Waals surface area contributed by atoms with E-state index in [0.717, 1.165) is 65.4 Å². The van der Waals surface area contributed by atoms with Crippen LogP contribution >= 0.6 is 37.2 Å². The van der Waals surface area contributed by atoms with Gasteiger partial charge in [0.25, 0.3) is 0 Å². The molecule has 1 unspecified atom stereocenters. The van der Waals surface area contributed by atoms with Gasteiger partial charge in [0.2, 0.25) is 5.91 Å². The van der Waals surface area contributed by atoms with Crippen molar-refractivity contribution in [1.82, 2.24) is 20.0 Å². The predicted octanol–water partition coefficient (Wildman–Crippen LogP) is 1.65. The van der Waals surface area contributed by atoms with Gasteiger partial charge in [0.15, 0.2) is 0 Å². The number of morpholine rings is 1. The molecule has 3 aliphatic rings. The summed E-state index contributed by atoms with van der Waals surface area (Å²) in [4.78, 5) is 19.6. The van der Waals surface area contributed by atoms with Crippen LogP contribution in [0.25, 0.3) is 0 Å². The zero-order valence-electron chi connectivity index (χ0n) is 16.6. The van der Waals surface area contributed by atoms with Crippen LogP contribution in [0.3, 0.4) is 0 Å². The topological polar surface area (TPSA) is 48.1 Å². The number of nitrogens with zero attached hydrogens (tertiary/aromatic N) is 3. The minimum Gasteiger partial charge on any atom is -0.374 e. The second-order valence-corrected chi connectivity index (χ2v) is 7.71. The van der Waals surface area contributed by atoms with Gasteiger partial charge in [0, 0.05) is 51.9 Å². The lowest BCUT2D eigenvalue weighted by molar-refractivity contribution is -0.136. The SMILES string of the molecule is CC(C)N1CCOC(CN2CCN(C(=O)[C@H]3CCCCN3)CC2)C1.Cl.Cl.Cl. The molecule has 162 valence electrons. The normalized spacial score (nSPS) is 27.3. The molecular formula is C18H37Cl3N4O2. The molecule has 9 heteroatoms. The highest BCUT2D eigenvalue weighted by molar-refractivity contribution is 5.86. The van der Waals surface area contributed by atoms with Crippen LogP contribution < -0.4 is 5.32 Å². The van der Waals surface area contributed by atoms with Crippen LogP contribution in [0, 0.1) is 0 Å². The molecule has 3 rings (SSSR count). The number of hydrogen-bond acceptors (Lipinski definition) is 5. The smallest absolute Gasteiger partial charge is 0.239 e. The van der Waals surface area contributed by atoms with Gasteiger partial charge in [-0.05, 0) is 33.2 Å². The van der Waals surface area contributed by atoms with E-state index < -0.39 is 0 Å². The monoisotopic (exact) mass is 446 g/mol. The van der Waals surface area contributed by atoms with Gasteiger partial charge in [0.05, 0.1) is 18.8 Å². The summed E-state index contributed by atoms with van der Waals surface area (Å²) < 4.78 is 5.96. The average molecular weight is 448 g/mol. The molecule has 0 bridgehead atoms. The number of amides is 1. The van der Waals surface area contributed by atoms with E-state index >= 15 is 0 Å². The molecule has 2 atom stereocenters. The van der Waals surface area contributed by atoms with E-state index in [4.69, 9.17) is 4.74 Å². The number of hydrogen-bond donors (Lipinski definition) is 1. The van der Waals surface area contributed by atoms with Crippen molar-refractivity contribution in [3.8, 4) is 0 Å². The molecule has 0 spiro atoms. The first kappa shape index (κ1) is 27.2. The largest absolute Gasteiger partial charge is 0.374 e. The number of halogens is 3. The van der Waals surface area contributed by atoms with E-state index in [1.54, 1.807) is 0 Å². The number of carbonyl (C=O) groups is 1. The Morgan fingerprint density at radius 2 is 1.78 bits per heavy atom. The maximum Gasteiger partial charge on any atom is 0.239 e. The van der Waals surface area contributed by atoms with Crippen molar-refractivity contribution in [3.63, 3.8) is 0 Å². The van der Waals surface area contributed by atoms with Crippen LogP contribution in [0.15, 0.2) is 0 Å². The molecule has 3 fully saturated rings. The molecule has 0 aromatic carbocycles. The lowest BCUT2D eigenvalue weighted by atomic mass is 10.0. The summed E-state index contributed by atoms with van der Waals surface area (Å²) in [6.45, 7) is 13.1. The highest BCUT2D eigenvalue weighted by Gasteiger charge is 2.30. The molecule has 27 heavy (non-hydrogen) atoms. The Morgan fingerprint density at radius 1 is 1.07 bits per heavy atom. The highest BCUT2D eigenvalue weighted by Crippen LogP contribution is 2.14. The summed E-state index contributed by atoms with van der Waals surface area (Å²) in [5.41, 5.74) is 0. The Hall–Kier alpha value is 0.180. The first-order chi connectivity index (χ1) is 11.6. The lowest BCUT2D eigenvalue weighted by Crippen LogP contribution is -2.57. The number of piperazine rings is 1. The first-order valence-corrected chi connectivity index (χ1v) is 9.73. The average Bonchev–Trinajstić information content (AvgIpc) is 2.63. The van der Waals surface area contributed by atoms with E-state index in [1.165, 1.54) is 12.8 Å². The Labute approximate surface area is 182 Å².